The molecule has 92 valence electrons. The second kappa shape index (κ2) is 3.71. The second-order valence-corrected chi connectivity index (χ2v) is 6.71. The molecule has 0 bridgehead atoms. The highest BCUT2D eigenvalue weighted by Gasteiger charge is 2.48. The lowest BCUT2D eigenvalue weighted by Crippen LogP contribution is -2.54. The maximum atomic E-state index is 10.6. The van der Waals surface area contributed by atoms with Gasteiger partial charge in [-0.1, -0.05) is 53.7 Å². The van der Waals surface area contributed by atoms with Gasteiger partial charge in [0.1, 0.15) is 11.7 Å². The van der Waals surface area contributed by atoms with Gasteiger partial charge < -0.3 is 10.2 Å². The Labute approximate surface area is 98.7 Å². The molecule has 2 unspecified atom stereocenters. The van der Waals surface area contributed by atoms with Gasteiger partial charge in [-0.3, -0.25) is 0 Å². The minimum absolute atomic E-state index is 0.136. The molecule has 0 aromatic rings. The zero-order valence-corrected chi connectivity index (χ0v) is 11.2. The summed E-state index contributed by atoms with van der Waals surface area (Å²) in [4.78, 5) is 0. The Kier molecular flexibility index (Phi) is 3.12. The summed E-state index contributed by atoms with van der Waals surface area (Å²) < 4.78 is 0. The minimum Gasteiger partial charge on any atom is -0.385 e. The summed E-state index contributed by atoms with van der Waals surface area (Å²) in [6.45, 7) is 11.9. The molecule has 0 aromatic heterocycles. The van der Waals surface area contributed by atoms with Gasteiger partial charge in [0, 0.05) is 0 Å². The number of hydrogen-bond donors (Lipinski definition) is 2. The molecule has 0 spiro atoms. The number of rotatable bonds is 0. The van der Waals surface area contributed by atoms with E-state index in [4.69, 9.17) is 0 Å². The van der Waals surface area contributed by atoms with Crippen LogP contribution in [0.2, 0.25) is 0 Å². The van der Waals surface area contributed by atoms with Crippen LogP contribution in [0.1, 0.15) is 41.5 Å². The highest BCUT2D eigenvalue weighted by Crippen LogP contribution is 2.43. The first-order valence-corrected chi connectivity index (χ1v) is 5.80. The van der Waals surface area contributed by atoms with Crippen molar-refractivity contribution in [3.63, 3.8) is 0 Å². The summed E-state index contributed by atoms with van der Waals surface area (Å²) >= 11 is 0. The molecule has 0 radical (unpaired) electrons. The highest BCUT2D eigenvalue weighted by atomic mass is 16.3. The van der Waals surface area contributed by atoms with E-state index in [9.17, 15) is 10.2 Å². The monoisotopic (exact) mass is 224 g/mol. The smallest absolute Gasteiger partial charge is 0.117 e. The third-order valence-corrected chi connectivity index (χ3v) is 3.41. The van der Waals surface area contributed by atoms with Crippen LogP contribution in [0, 0.1) is 10.8 Å². The molecule has 0 aliphatic heterocycles. The molecule has 1 rings (SSSR count). The van der Waals surface area contributed by atoms with Crippen molar-refractivity contribution >= 4 is 0 Å². The van der Waals surface area contributed by atoms with Crippen LogP contribution in [0.3, 0.4) is 0 Å². The SMILES string of the molecule is CC(C)(C)C1=CC=CC(O)(C(C)(C)C)C1O. The molecule has 2 atom stereocenters. The van der Waals surface area contributed by atoms with E-state index in [0.717, 1.165) is 5.57 Å². The van der Waals surface area contributed by atoms with Gasteiger partial charge in [0.05, 0.1) is 0 Å². The first-order valence-electron chi connectivity index (χ1n) is 5.80. The van der Waals surface area contributed by atoms with E-state index in [1.807, 2.05) is 53.7 Å². The maximum absolute atomic E-state index is 10.6. The fourth-order valence-corrected chi connectivity index (χ4v) is 2.04. The lowest BCUT2D eigenvalue weighted by molar-refractivity contribution is -0.0976. The Morgan fingerprint density at radius 3 is 2.00 bits per heavy atom. The van der Waals surface area contributed by atoms with E-state index in [1.54, 1.807) is 6.08 Å². The molecule has 16 heavy (non-hydrogen) atoms. The normalized spacial score (nSPS) is 31.5. The lowest BCUT2D eigenvalue weighted by atomic mass is 9.65. The third kappa shape index (κ3) is 2.09. The predicted molar refractivity (Wildman–Crippen MR) is 67.1 cm³/mol. The maximum Gasteiger partial charge on any atom is 0.117 e. The first kappa shape index (κ1) is 13.5. The largest absolute Gasteiger partial charge is 0.385 e. The Balaban J connectivity index is 3.18. The molecule has 0 saturated heterocycles. The average Bonchev–Trinajstić information content (AvgIpc) is 2.05. The van der Waals surface area contributed by atoms with Crippen molar-refractivity contribution in [2.24, 2.45) is 10.8 Å². The minimum atomic E-state index is -1.19. The van der Waals surface area contributed by atoms with E-state index < -0.39 is 17.1 Å². The second-order valence-electron chi connectivity index (χ2n) is 6.71. The van der Waals surface area contributed by atoms with Gasteiger partial charge in [-0.25, -0.2) is 0 Å². The Hall–Kier alpha value is -0.600. The molecular formula is C14H24O2. The number of hydrogen-bond acceptors (Lipinski definition) is 2. The van der Waals surface area contributed by atoms with Crippen LogP contribution >= 0.6 is 0 Å². The third-order valence-electron chi connectivity index (χ3n) is 3.41. The van der Waals surface area contributed by atoms with Gasteiger partial charge in [0.25, 0.3) is 0 Å². The summed E-state index contributed by atoms with van der Waals surface area (Å²) in [6.07, 6.45) is 4.62. The van der Waals surface area contributed by atoms with E-state index >= 15 is 0 Å². The predicted octanol–water partition coefficient (Wildman–Crippen LogP) is 2.67. The van der Waals surface area contributed by atoms with Gasteiger partial charge in [-0.2, -0.15) is 0 Å². The average molecular weight is 224 g/mol. The van der Waals surface area contributed by atoms with Crippen molar-refractivity contribution in [1.82, 2.24) is 0 Å². The molecule has 1 aliphatic carbocycles. The molecule has 2 nitrogen and oxygen atoms in total. The number of aliphatic hydroxyl groups excluding tert-OH is 1. The van der Waals surface area contributed by atoms with Crippen molar-refractivity contribution in [1.29, 1.82) is 0 Å². The van der Waals surface area contributed by atoms with Gasteiger partial charge in [0.15, 0.2) is 0 Å². The zero-order chi connectivity index (χ0) is 12.8. The fourth-order valence-electron chi connectivity index (χ4n) is 2.04. The summed E-state index contributed by atoms with van der Waals surface area (Å²) in [6, 6.07) is 0. The van der Waals surface area contributed by atoms with Crippen molar-refractivity contribution in [3.05, 3.63) is 23.8 Å². The first-order chi connectivity index (χ1) is 7.00. The summed E-state index contributed by atoms with van der Waals surface area (Å²) in [5.41, 5.74) is -0.839. The van der Waals surface area contributed by atoms with Crippen LogP contribution < -0.4 is 0 Å². The van der Waals surface area contributed by atoms with E-state index in [2.05, 4.69) is 0 Å². The summed E-state index contributed by atoms with van der Waals surface area (Å²) in [5, 5.41) is 21.0. The van der Waals surface area contributed by atoms with Gasteiger partial charge >= 0.3 is 0 Å². The Morgan fingerprint density at radius 1 is 1.12 bits per heavy atom. The van der Waals surface area contributed by atoms with Crippen LogP contribution in [0.15, 0.2) is 23.8 Å². The van der Waals surface area contributed by atoms with Gasteiger partial charge in [-0.15, -0.1) is 0 Å². The lowest BCUT2D eigenvalue weighted by Gasteiger charge is -2.46. The molecule has 0 heterocycles. The number of aliphatic hydroxyl groups is 2. The topological polar surface area (TPSA) is 40.5 Å². The van der Waals surface area contributed by atoms with Crippen molar-refractivity contribution in [2.75, 3.05) is 0 Å². The zero-order valence-electron chi connectivity index (χ0n) is 11.2. The van der Waals surface area contributed by atoms with Crippen LogP contribution in [-0.4, -0.2) is 21.9 Å². The molecule has 1 aliphatic rings. The molecule has 0 aromatic carbocycles. The Bertz CT molecular complexity index is 326. The van der Waals surface area contributed by atoms with Crippen molar-refractivity contribution in [2.45, 2.75) is 53.2 Å². The van der Waals surface area contributed by atoms with E-state index in [-0.39, 0.29) is 5.41 Å². The molecule has 0 fully saturated rings. The van der Waals surface area contributed by atoms with E-state index in [1.165, 1.54) is 0 Å². The molecule has 0 amide bonds. The quantitative estimate of drug-likeness (QED) is 0.664. The van der Waals surface area contributed by atoms with Gasteiger partial charge in [0.2, 0.25) is 0 Å². The van der Waals surface area contributed by atoms with Crippen molar-refractivity contribution in [3.8, 4) is 0 Å². The summed E-state index contributed by atoms with van der Waals surface area (Å²) in [7, 11) is 0. The van der Waals surface area contributed by atoms with Crippen molar-refractivity contribution < 1.29 is 10.2 Å². The fraction of sp³-hybridized carbons (Fsp3) is 0.714. The molecule has 2 N–H and O–H groups in total. The molecular weight excluding hydrogens is 200 g/mol. The Morgan fingerprint density at radius 2 is 1.62 bits per heavy atom. The molecule has 2 heteroatoms. The van der Waals surface area contributed by atoms with Crippen LogP contribution in [0.5, 0.6) is 0 Å². The highest BCUT2D eigenvalue weighted by molar-refractivity contribution is 5.35. The summed E-state index contributed by atoms with van der Waals surface area (Å²) in [5.74, 6) is 0. The molecule has 0 saturated carbocycles. The van der Waals surface area contributed by atoms with E-state index in [0.29, 0.717) is 0 Å². The van der Waals surface area contributed by atoms with Crippen LogP contribution in [0.4, 0.5) is 0 Å². The van der Waals surface area contributed by atoms with Crippen LogP contribution in [-0.2, 0) is 0 Å². The van der Waals surface area contributed by atoms with Crippen LogP contribution in [0.25, 0.3) is 0 Å². The standard InChI is InChI=1S/C14H24O2/c1-12(2,3)10-8-7-9-14(16,11(10)15)13(4,5)6/h7-9,11,15-16H,1-6H3. The number of allylic oxidation sites excluding steroid dienone is 2. The van der Waals surface area contributed by atoms with Gasteiger partial charge in [-0.05, 0) is 22.5 Å².